The quantitative estimate of drug-likeness (QED) is 0.745. The van der Waals surface area contributed by atoms with Crippen molar-refractivity contribution in [2.24, 2.45) is 0 Å². The molecule has 0 bridgehead atoms. The zero-order chi connectivity index (χ0) is 13.0. The maximum absolute atomic E-state index is 11.8. The van der Waals surface area contributed by atoms with E-state index in [0.29, 0.717) is 31.8 Å². The van der Waals surface area contributed by atoms with Gasteiger partial charge >= 0.3 is 0 Å². The molecule has 1 aromatic rings. The maximum atomic E-state index is 11.8. The molecule has 4 heteroatoms. The van der Waals surface area contributed by atoms with Crippen LogP contribution >= 0.6 is 0 Å². The molecule has 1 saturated heterocycles. The Balaban J connectivity index is 1.72. The minimum absolute atomic E-state index is 0.125. The van der Waals surface area contributed by atoms with Crippen LogP contribution in [0, 0.1) is 0 Å². The number of carbonyl (C=O) groups is 1. The van der Waals surface area contributed by atoms with Crippen LogP contribution in [0.2, 0.25) is 0 Å². The van der Waals surface area contributed by atoms with Gasteiger partial charge in [-0.1, -0.05) is 36.9 Å². The number of aliphatic hydroxyl groups is 1. The molecule has 4 nitrogen and oxygen atoms in total. The highest BCUT2D eigenvalue weighted by molar-refractivity contribution is 5.93. The first-order valence-corrected chi connectivity index (χ1v) is 6.05. The second-order valence-electron chi connectivity index (χ2n) is 4.62. The molecular formula is C14H18N2O2. The van der Waals surface area contributed by atoms with Crippen LogP contribution in [0.25, 0.3) is 0 Å². The number of nitrogens with one attached hydrogen (secondary N) is 1. The van der Waals surface area contributed by atoms with E-state index in [9.17, 15) is 4.79 Å². The fourth-order valence-corrected chi connectivity index (χ4v) is 1.92. The molecule has 0 aliphatic carbocycles. The third kappa shape index (κ3) is 3.42. The Morgan fingerprint density at radius 2 is 2.06 bits per heavy atom. The van der Waals surface area contributed by atoms with Crippen LogP contribution in [0.5, 0.6) is 0 Å². The summed E-state index contributed by atoms with van der Waals surface area (Å²) in [4.78, 5) is 13.8. The lowest BCUT2D eigenvalue weighted by Gasteiger charge is -2.35. The molecule has 0 saturated carbocycles. The highest BCUT2D eigenvalue weighted by Crippen LogP contribution is 2.09. The van der Waals surface area contributed by atoms with E-state index in [1.165, 1.54) is 0 Å². The monoisotopic (exact) mass is 246 g/mol. The fraction of sp³-hybridized carbons (Fsp3) is 0.357. The van der Waals surface area contributed by atoms with Gasteiger partial charge in [-0.05, 0) is 5.56 Å². The third-order valence-electron chi connectivity index (χ3n) is 2.97. The van der Waals surface area contributed by atoms with E-state index >= 15 is 0 Å². The number of aliphatic hydroxyl groups excluding tert-OH is 1. The number of amides is 1. The van der Waals surface area contributed by atoms with E-state index in [4.69, 9.17) is 5.11 Å². The van der Waals surface area contributed by atoms with Crippen LogP contribution in [0.4, 0.5) is 0 Å². The Morgan fingerprint density at radius 3 is 2.67 bits per heavy atom. The van der Waals surface area contributed by atoms with Crippen LogP contribution in [0.15, 0.2) is 42.5 Å². The number of rotatable bonds is 5. The van der Waals surface area contributed by atoms with E-state index < -0.39 is 0 Å². The van der Waals surface area contributed by atoms with Gasteiger partial charge in [-0.3, -0.25) is 9.69 Å². The first-order valence-electron chi connectivity index (χ1n) is 6.05. The molecule has 0 spiro atoms. The fourth-order valence-electron chi connectivity index (χ4n) is 1.92. The van der Waals surface area contributed by atoms with Crippen molar-refractivity contribution in [1.82, 2.24) is 10.2 Å². The minimum Gasteiger partial charge on any atom is -0.390 e. The maximum Gasteiger partial charge on any atom is 0.248 e. The Kier molecular flexibility index (Phi) is 4.12. The lowest BCUT2D eigenvalue weighted by Crippen LogP contribution is -2.51. The summed E-state index contributed by atoms with van der Waals surface area (Å²) >= 11 is 0. The van der Waals surface area contributed by atoms with E-state index in [1.807, 2.05) is 35.2 Å². The van der Waals surface area contributed by atoms with Gasteiger partial charge in [0.1, 0.15) is 0 Å². The van der Waals surface area contributed by atoms with Gasteiger partial charge in [-0.15, -0.1) is 0 Å². The van der Waals surface area contributed by atoms with Crippen molar-refractivity contribution >= 4 is 5.91 Å². The number of likely N-dealkylation sites (tertiary alicyclic amines) is 1. The van der Waals surface area contributed by atoms with Crippen molar-refractivity contribution in [3.63, 3.8) is 0 Å². The Labute approximate surface area is 107 Å². The minimum atomic E-state index is -0.245. The van der Waals surface area contributed by atoms with Gasteiger partial charge in [0, 0.05) is 31.8 Å². The number of nitrogens with zero attached hydrogens (tertiary/aromatic N) is 1. The number of β-amino-alcohol motifs (C(OH)–C–C–N with tert-alkyl or cyclic N) is 1. The molecule has 1 heterocycles. The van der Waals surface area contributed by atoms with Gasteiger partial charge in [-0.2, -0.15) is 0 Å². The Bertz CT molecular complexity index is 425. The zero-order valence-electron chi connectivity index (χ0n) is 10.3. The first kappa shape index (κ1) is 12.8. The van der Waals surface area contributed by atoms with Gasteiger partial charge in [-0.25, -0.2) is 0 Å². The smallest absolute Gasteiger partial charge is 0.248 e. The second-order valence-corrected chi connectivity index (χ2v) is 4.62. The summed E-state index contributed by atoms with van der Waals surface area (Å²) in [5, 5.41) is 12.0. The molecule has 18 heavy (non-hydrogen) atoms. The molecule has 0 unspecified atom stereocenters. The summed E-state index contributed by atoms with van der Waals surface area (Å²) in [5.41, 5.74) is 1.61. The predicted octanol–water partition coefficient (Wildman–Crippen LogP) is 0.535. The van der Waals surface area contributed by atoms with Gasteiger partial charge in [0.2, 0.25) is 5.91 Å². The van der Waals surface area contributed by atoms with Crippen LogP contribution in [0.1, 0.15) is 5.56 Å². The number of carbonyl (C=O) groups excluding carboxylic acids is 1. The van der Waals surface area contributed by atoms with Gasteiger partial charge in [0.25, 0.3) is 0 Å². The number of benzene rings is 1. The third-order valence-corrected chi connectivity index (χ3v) is 2.97. The van der Waals surface area contributed by atoms with Gasteiger partial charge in [0.05, 0.1) is 6.10 Å². The van der Waals surface area contributed by atoms with E-state index in [2.05, 4.69) is 11.9 Å². The Hall–Kier alpha value is -1.65. The van der Waals surface area contributed by atoms with Crippen molar-refractivity contribution < 1.29 is 9.90 Å². The SMILES string of the molecule is C=C(CN1CC(O)C1)C(=O)NCc1ccccc1. The lowest BCUT2D eigenvalue weighted by molar-refractivity contribution is -0.118. The first-order chi connectivity index (χ1) is 8.65. The summed E-state index contributed by atoms with van der Waals surface area (Å²) in [6.45, 7) is 6.08. The normalized spacial score (nSPS) is 16.1. The van der Waals surface area contributed by atoms with Crippen LogP contribution < -0.4 is 5.32 Å². The van der Waals surface area contributed by atoms with Crippen LogP contribution in [-0.4, -0.2) is 41.7 Å². The zero-order valence-corrected chi connectivity index (χ0v) is 10.3. The summed E-state index contributed by atoms with van der Waals surface area (Å²) in [7, 11) is 0. The molecule has 1 aromatic carbocycles. The largest absolute Gasteiger partial charge is 0.390 e. The van der Waals surface area contributed by atoms with E-state index in [-0.39, 0.29) is 12.0 Å². The van der Waals surface area contributed by atoms with Gasteiger partial charge < -0.3 is 10.4 Å². The van der Waals surface area contributed by atoms with Crippen molar-refractivity contribution in [3.05, 3.63) is 48.0 Å². The molecule has 1 aliphatic rings. The molecule has 1 fully saturated rings. The second kappa shape index (κ2) is 5.80. The standard InChI is InChI=1S/C14H18N2O2/c1-11(8-16-9-13(17)10-16)14(18)15-7-12-5-3-2-4-6-12/h2-6,13,17H,1,7-10H2,(H,15,18). The highest BCUT2D eigenvalue weighted by atomic mass is 16.3. The van der Waals surface area contributed by atoms with Crippen molar-refractivity contribution in [2.75, 3.05) is 19.6 Å². The van der Waals surface area contributed by atoms with Crippen molar-refractivity contribution in [3.8, 4) is 0 Å². The molecule has 0 atom stereocenters. The highest BCUT2D eigenvalue weighted by Gasteiger charge is 2.25. The summed E-state index contributed by atoms with van der Waals surface area (Å²) in [6, 6.07) is 9.76. The molecule has 96 valence electrons. The lowest BCUT2D eigenvalue weighted by atomic mass is 10.1. The number of hydrogen-bond acceptors (Lipinski definition) is 3. The van der Waals surface area contributed by atoms with Crippen LogP contribution in [-0.2, 0) is 11.3 Å². The molecule has 0 radical (unpaired) electrons. The van der Waals surface area contributed by atoms with Gasteiger partial charge in [0.15, 0.2) is 0 Å². The molecule has 2 rings (SSSR count). The summed E-state index contributed by atoms with van der Waals surface area (Å²) in [6.07, 6.45) is -0.245. The van der Waals surface area contributed by atoms with Crippen LogP contribution in [0.3, 0.4) is 0 Å². The topological polar surface area (TPSA) is 52.6 Å². The molecular weight excluding hydrogens is 228 g/mol. The summed E-state index contributed by atoms with van der Waals surface area (Å²) in [5.74, 6) is -0.125. The molecule has 1 amide bonds. The molecule has 1 aliphatic heterocycles. The number of hydrogen-bond donors (Lipinski definition) is 2. The average molecular weight is 246 g/mol. The average Bonchev–Trinajstić information content (AvgIpc) is 2.35. The predicted molar refractivity (Wildman–Crippen MR) is 69.9 cm³/mol. The Morgan fingerprint density at radius 1 is 1.39 bits per heavy atom. The molecule has 2 N–H and O–H groups in total. The summed E-state index contributed by atoms with van der Waals surface area (Å²) < 4.78 is 0. The molecule has 0 aromatic heterocycles. The van der Waals surface area contributed by atoms with E-state index in [1.54, 1.807) is 0 Å². The van der Waals surface area contributed by atoms with Crippen molar-refractivity contribution in [1.29, 1.82) is 0 Å². The van der Waals surface area contributed by atoms with Crippen molar-refractivity contribution in [2.45, 2.75) is 12.6 Å². The van der Waals surface area contributed by atoms with E-state index in [0.717, 1.165) is 5.56 Å².